The SMILES string of the molecule is CC(C)NCc1ccc(N(C)C2CCC2)c(Cl)c1. The third kappa shape index (κ3) is 3.18. The van der Waals surface area contributed by atoms with E-state index in [1.165, 1.54) is 24.8 Å². The number of benzene rings is 1. The molecule has 1 fully saturated rings. The van der Waals surface area contributed by atoms with E-state index in [-0.39, 0.29) is 0 Å². The molecule has 0 radical (unpaired) electrons. The fourth-order valence-electron chi connectivity index (χ4n) is 2.24. The topological polar surface area (TPSA) is 15.3 Å². The molecule has 1 N–H and O–H groups in total. The molecule has 1 saturated carbocycles. The Morgan fingerprint density at radius 2 is 2.11 bits per heavy atom. The van der Waals surface area contributed by atoms with E-state index in [2.05, 4.69) is 49.3 Å². The summed E-state index contributed by atoms with van der Waals surface area (Å²) in [6.45, 7) is 5.19. The number of anilines is 1. The van der Waals surface area contributed by atoms with Gasteiger partial charge in [0.15, 0.2) is 0 Å². The van der Waals surface area contributed by atoms with Gasteiger partial charge in [-0.05, 0) is 37.0 Å². The summed E-state index contributed by atoms with van der Waals surface area (Å²) >= 11 is 6.40. The molecule has 2 rings (SSSR count). The van der Waals surface area contributed by atoms with Gasteiger partial charge in [0.2, 0.25) is 0 Å². The zero-order chi connectivity index (χ0) is 13.1. The Morgan fingerprint density at radius 1 is 1.39 bits per heavy atom. The van der Waals surface area contributed by atoms with Crippen LogP contribution in [0.1, 0.15) is 38.7 Å². The molecular formula is C15H23ClN2. The number of hydrogen-bond donors (Lipinski definition) is 1. The molecule has 0 unspecified atom stereocenters. The number of hydrogen-bond acceptors (Lipinski definition) is 2. The summed E-state index contributed by atoms with van der Waals surface area (Å²) < 4.78 is 0. The van der Waals surface area contributed by atoms with E-state index >= 15 is 0 Å². The van der Waals surface area contributed by atoms with Gasteiger partial charge < -0.3 is 10.2 Å². The van der Waals surface area contributed by atoms with Gasteiger partial charge in [0.25, 0.3) is 0 Å². The minimum absolute atomic E-state index is 0.501. The second kappa shape index (κ2) is 5.94. The van der Waals surface area contributed by atoms with E-state index in [1.807, 2.05) is 0 Å². The molecule has 0 bridgehead atoms. The highest BCUT2D eigenvalue weighted by Gasteiger charge is 2.23. The lowest BCUT2D eigenvalue weighted by Crippen LogP contribution is -2.37. The molecule has 0 aliphatic heterocycles. The molecule has 0 atom stereocenters. The van der Waals surface area contributed by atoms with Crippen molar-refractivity contribution in [3.05, 3.63) is 28.8 Å². The van der Waals surface area contributed by atoms with Gasteiger partial charge in [0.1, 0.15) is 0 Å². The highest BCUT2D eigenvalue weighted by molar-refractivity contribution is 6.33. The Bertz CT molecular complexity index is 399. The highest BCUT2D eigenvalue weighted by atomic mass is 35.5. The Balaban J connectivity index is 2.04. The van der Waals surface area contributed by atoms with Crippen molar-refractivity contribution in [2.24, 2.45) is 0 Å². The first kappa shape index (κ1) is 13.7. The van der Waals surface area contributed by atoms with Crippen LogP contribution in [0.15, 0.2) is 18.2 Å². The number of halogens is 1. The van der Waals surface area contributed by atoms with Gasteiger partial charge in [-0.15, -0.1) is 0 Å². The first-order chi connectivity index (χ1) is 8.58. The van der Waals surface area contributed by atoms with Crippen LogP contribution in [0.25, 0.3) is 0 Å². The average Bonchev–Trinajstić information content (AvgIpc) is 2.23. The maximum Gasteiger partial charge on any atom is 0.0642 e. The molecule has 0 spiro atoms. The summed E-state index contributed by atoms with van der Waals surface area (Å²) in [6.07, 6.45) is 3.94. The van der Waals surface area contributed by atoms with E-state index in [9.17, 15) is 0 Å². The minimum Gasteiger partial charge on any atom is -0.370 e. The van der Waals surface area contributed by atoms with Crippen molar-refractivity contribution >= 4 is 17.3 Å². The van der Waals surface area contributed by atoms with Crippen LogP contribution in [0, 0.1) is 0 Å². The summed E-state index contributed by atoms with van der Waals surface area (Å²) in [7, 11) is 2.15. The maximum atomic E-state index is 6.40. The number of nitrogens with one attached hydrogen (secondary N) is 1. The molecule has 2 nitrogen and oxygen atoms in total. The normalized spacial score (nSPS) is 15.8. The minimum atomic E-state index is 0.501. The third-order valence-electron chi connectivity index (χ3n) is 3.73. The van der Waals surface area contributed by atoms with E-state index in [0.29, 0.717) is 12.1 Å². The summed E-state index contributed by atoms with van der Waals surface area (Å²) in [5, 5.41) is 4.28. The van der Waals surface area contributed by atoms with E-state index in [0.717, 1.165) is 17.3 Å². The summed E-state index contributed by atoms with van der Waals surface area (Å²) in [4.78, 5) is 2.32. The van der Waals surface area contributed by atoms with Gasteiger partial charge >= 0.3 is 0 Å². The largest absolute Gasteiger partial charge is 0.370 e. The first-order valence-electron chi connectivity index (χ1n) is 6.82. The van der Waals surface area contributed by atoms with Gasteiger partial charge in [-0.25, -0.2) is 0 Å². The molecule has 1 aliphatic carbocycles. The standard InChI is InChI=1S/C15H23ClN2/c1-11(2)17-10-12-7-8-15(14(16)9-12)18(3)13-5-4-6-13/h7-9,11,13,17H,4-6,10H2,1-3H3. The molecule has 1 aromatic rings. The lowest BCUT2D eigenvalue weighted by Gasteiger charge is -2.36. The predicted molar refractivity (Wildman–Crippen MR) is 79.5 cm³/mol. The second-order valence-corrected chi connectivity index (χ2v) is 5.92. The predicted octanol–water partition coefficient (Wildman–Crippen LogP) is 3.83. The molecule has 0 heterocycles. The lowest BCUT2D eigenvalue weighted by atomic mass is 9.91. The van der Waals surface area contributed by atoms with Gasteiger partial charge in [-0.3, -0.25) is 0 Å². The Hall–Kier alpha value is -0.730. The van der Waals surface area contributed by atoms with Crippen LogP contribution in [0.2, 0.25) is 5.02 Å². The molecule has 0 aromatic heterocycles. The molecule has 1 aliphatic rings. The van der Waals surface area contributed by atoms with Crippen molar-refractivity contribution in [1.82, 2.24) is 5.32 Å². The van der Waals surface area contributed by atoms with Crippen LogP contribution in [0.5, 0.6) is 0 Å². The smallest absolute Gasteiger partial charge is 0.0642 e. The molecule has 1 aromatic carbocycles. The van der Waals surface area contributed by atoms with Crippen molar-refractivity contribution in [1.29, 1.82) is 0 Å². The van der Waals surface area contributed by atoms with Crippen molar-refractivity contribution in [2.75, 3.05) is 11.9 Å². The first-order valence-corrected chi connectivity index (χ1v) is 7.20. The van der Waals surface area contributed by atoms with Crippen LogP contribution in [0.3, 0.4) is 0 Å². The zero-order valence-electron chi connectivity index (χ0n) is 11.5. The quantitative estimate of drug-likeness (QED) is 0.871. The average molecular weight is 267 g/mol. The van der Waals surface area contributed by atoms with Crippen LogP contribution in [-0.2, 0) is 6.54 Å². The van der Waals surface area contributed by atoms with Crippen LogP contribution >= 0.6 is 11.6 Å². The van der Waals surface area contributed by atoms with Crippen molar-refractivity contribution in [2.45, 2.75) is 51.7 Å². The van der Waals surface area contributed by atoms with Gasteiger partial charge in [-0.2, -0.15) is 0 Å². The Labute approximate surface area is 115 Å². The molecule has 100 valence electrons. The summed E-state index contributed by atoms with van der Waals surface area (Å²) in [6, 6.07) is 7.59. The van der Waals surface area contributed by atoms with E-state index in [1.54, 1.807) is 0 Å². The van der Waals surface area contributed by atoms with Gasteiger partial charge in [-0.1, -0.05) is 31.5 Å². The van der Waals surface area contributed by atoms with E-state index in [4.69, 9.17) is 11.6 Å². The molecule has 0 amide bonds. The zero-order valence-corrected chi connectivity index (χ0v) is 12.3. The molecule has 18 heavy (non-hydrogen) atoms. The monoisotopic (exact) mass is 266 g/mol. The highest BCUT2D eigenvalue weighted by Crippen LogP contribution is 2.33. The summed E-state index contributed by atoms with van der Waals surface area (Å²) in [5.41, 5.74) is 2.41. The van der Waals surface area contributed by atoms with Gasteiger partial charge in [0.05, 0.1) is 10.7 Å². The van der Waals surface area contributed by atoms with Gasteiger partial charge in [0, 0.05) is 25.7 Å². The van der Waals surface area contributed by atoms with Crippen molar-refractivity contribution in [3.63, 3.8) is 0 Å². The summed E-state index contributed by atoms with van der Waals surface area (Å²) in [5.74, 6) is 0. The molecule has 0 saturated heterocycles. The van der Waals surface area contributed by atoms with Crippen molar-refractivity contribution in [3.8, 4) is 0 Å². The number of nitrogens with zero attached hydrogens (tertiary/aromatic N) is 1. The Kier molecular flexibility index (Phi) is 4.52. The third-order valence-corrected chi connectivity index (χ3v) is 4.03. The Morgan fingerprint density at radius 3 is 2.61 bits per heavy atom. The van der Waals surface area contributed by atoms with Crippen LogP contribution in [-0.4, -0.2) is 19.1 Å². The second-order valence-electron chi connectivity index (χ2n) is 5.52. The fourth-order valence-corrected chi connectivity index (χ4v) is 2.58. The maximum absolute atomic E-state index is 6.40. The molecule has 3 heteroatoms. The van der Waals surface area contributed by atoms with E-state index < -0.39 is 0 Å². The van der Waals surface area contributed by atoms with Crippen LogP contribution < -0.4 is 10.2 Å². The fraction of sp³-hybridized carbons (Fsp3) is 0.600. The number of rotatable bonds is 5. The van der Waals surface area contributed by atoms with Crippen molar-refractivity contribution < 1.29 is 0 Å². The van der Waals surface area contributed by atoms with Crippen LogP contribution in [0.4, 0.5) is 5.69 Å². The molecular weight excluding hydrogens is 244 g/mol. The lowest BCUT2D eigenvalue weighted by molar-refractivity contribution is 0.401.